The monoisotopic (exact) mass is 356 g/mol. The number of para-hydroxylation sites is 1. The molecule has 1 heterocycles. The molecule has 1 aromatic carbocycles. The Morgan fingerprint density at radius 2 is 1.88 bits per heavy atom. The summed E-state index contributed by atoms with van der Waals surface area (Å²) in [5.41, 5.74) is 0.933. The maximum Gasteiger partial charge on any atom is 0.362 e. The summed E-state index contributed by atoms with van der Waals surface area (Å²) in [6, 6.07) is 7.45. The topological polar surface area (TPSA) is 71.3 Å². The molecule has 1 fully saturated rings. The van der Waals surface area contributed by atoms with Crippen molar-refractivity contribution in [1.82, 2.24) is 0 Å². The molecule has 3 rings (SSSR count). The van der Waals surface area contributed by atoms with Gasteiger partial charge < -0.3 is 15.1 Å². The van der Waals surface area contributed by atoms with Gasteiger partial charge in [0.1, 0.15) is 5.58 Å². The van der Waals surface area contributed by atoms with Crippen molar-refractivity contribution in [3.63, 3.8) is 0 Å². The summed E-state index contributed by atoms with van der Waals surface area (Å²) in [4.78, 5) is 24.8. The molecule has 0 saturated heterocycles. The van der Waals surface area contributed by atoms with E-state index in [0.29, 0.717) is 23.6 Å². The lowest BCUT2D eigenvalue weighted by atomic mass is 9.89. The lowest BCUT2D eigenvalue weighted by Crippen LogP contribution is -2.23. The Morgan fingerprint density at radius 3 is 2.62 bits per heavy atom. The van der Waals surface area contributed by atoms with Crippen LogP contribution in [0.3, 0.4) is 0 Å². The van der Waals surface area contributed by atoms with E-state index in [2.05, 4.69) is 10.6 Å². The van der Waals surface area contributed by atoms with Crippen molar-refractivity contribution in [2.75, 3.05) is 17.2 Å². The van der Waals surface area contributed by atoms with Crippen molar-refractivity contribution in [2.45, 2.75) is 52.4 Å². The lowest BCUT2D eigenvalue weighted by molar-refractivity contribution is -0.116. The van der Waals surface area contributed by atoms with Crippen LogP contribution in [-0.4, -0.2) is 12.5 Å². The fraction of sp³-hybridized carbons (Fsp3) is 0.524. The molecule has 5 nitrogen and oxygen atoms in total. The molecule has 1 aliphatic carbocycles. The van der Waals surface area contributed by atoms with Crippen LogP contribution in [-0.2, 0) is 4.79 Å². The van der Waals surface area contributed by atoms with Gasteiger partial charge in [0.2, 0.25) is 5.91 Å². The first-order valence-electron chi connectivity index (χ1n) is 9.64. The van der Waals surface area contributed by atoms with Crippen molar-refractivity contribution < 1.29 is 9.21 Å². The van der Waals surface area contributed by atoms with Gasteiger partial charge >= 0.3 is 5.63 Å². The van der Waals surface area contributed by atoms with Gasteiger partial charge in [-0.05, 0) is 36.8 Å². The minimum atomic E-state index is -0.507. The van der Waals surface area contributed by atoms with E-state index >= 15 is 0 Å². The Bertz CT molecular complexity index is 820. The Labute approximate surface area is 154 Å². The maximum atomic E-state index is 12.5. The van der Waals surface area contributed by atoms with E-state index in [1.165, 1.54) is 32.1 Å². The zero-order valence-electron chi connectivity index (χ0n) is 15.6. The molecule has 0 atom stereocenters. The quantitative estimate of drug-likeness (QED) is 0.731. The standard InChI is InChI=1S/C21H28N2O3/c1-14(2)12-18(24)23-20-19(22-13-15-8-4-3-5-9-15)16-10-6-7-11-17(16)26-21(20)25/h6-7,10-11,14-15,22H,3-5,8-9,12-13H2,1-2H3,(H,23,24). The van der Waals surface area contributed by atoms with Crippen LogP contribution in [0.1, 0.15) is 52.4 Å². The summed E-state index contributed by atoms with van der Waals surface area (Å²) in [5.74, 6) is 0.665. The van der Waals surface area contributed by atoms with Crippen LogP contribution in [0.25, 0.3) is 11.0 Å². The zero-order valence-corrected chi connectivity index (χ0v) is 15.6. The van der Waals surface area contributed by atoms with Crippen LogP contribution < -0.4 is 16.3 Å². The van der Waals surface area contributed by atoms with Crippen molar-refractivity contribution in [1.29, 1.82) is 0 Å². The van der Waals surface area contributed by atoms with Crippen molar-refractivity contribution in [2.24, 2.45) is 11.8 Å². The SMILES string of the molecule is CC(C)CC(=O)Nc1c(NCC2CCCCC2)c2ccccc2oc1=O. The highest BCUT2D eigenvalue weighted by Gasteiger charge is 2.19. The zero-order chi connectivity index (χ0) is 18.5. The van der Waals surface area contributed by atoms with E-state index in [4.69, 9.17) is 4.42 Å². The lowest BCUT2D eigenvalue weighted by Gasteiger charge is -2.23. The normalized spacial score (nSPS) is 15.3. The molecule has 1 aliphatic rings. The maximum absolute atomic E-state index is 12.5. The van der Waals surface area contributed by atoms with Crippen LogP contribution in [0.15, 0.2) is 33.5 Å². The molecule has 0 radical (unpaired) electrons. The van der Waals surface area contributed by atoms with Gasteiger partial charge in [0.25, 0.3) is 0 Å². The van der Waals surface area contributed by atoms with Gasteiger partial charge in [0, 0.05) is 18.4 Å². The van der Waals surface area contributed by atoms with Crippen LogP contribution in [0.2, 0.25) is 0 Å². The first kappa shape index (κ1) is 18.5. The molecule has 0 bridgehead atoms. The summed E-state index contributed by atoms with van der Waals surface area (Å²) in [5, 5.41) is 7.06. The minimum absolute atomic E-state index is 0.164. The summed E-state index contributed by atoms with van der Waals surface area (Å²) in [7, 11) is 0. The number of fused-ring (bicyclic) bond motifs is 1. The number of benzene rings is 1. The van der Waals surface area contributed by atoms with E-state index in [9.17, 15) is 9.59 Å². The molecule has 0 spiro atoms. The molecule has 2 aromatic rings. The number of nitrogens with one attached hydrogen (secondary N) is 2. The predicted octanol–water partition coefficient (Wildman–Crippen LogP) is 4.77. The van der Waals surface area contributed by atoms with E-state index < -0.39 is 5.63 Å². The molecule has 1 saturated carbocycles. The average molecular weight is 356 g/mol. The summed E-state index contributed by atoms with van der Waals surface area (Å²) < 4.78 is 5.42. The first-order valence-corrected chi connectivity index (χ1v) is 9.64. The second kappa shape index (κ2) is 8.39. The number of amides is 1. The van der Waals surface area contributed by atoms with Crippen molar-refractivity contribution in [3.8, 4) is 0 Å². The van der Waals surface area contributed by atoms with Crippen molar-refractivity contribution in [3.05, 3.63) is 34.7 Å². The summed E-state index contributed by atoms with van der Waals surface area (Å²) in [6.45, 7) is 4.76. The van der Waals surface area contributed by atoms with Crippen molar-refractivity contribution >= 4 is 28.3 Å². The second-order valence-electron chi connectivity index (χ2n) is 7.67. The van der Waals surface area contributed by atoms with Gasteiger partial charge in [-0.25, -0.2) is 4.79 Å². The number of carbonyl (C=O) groups excluding carboxylic acids is 1. The number of hydrogen-bond donors (Lipinski definition) is 2. The Hall–Kier alpha value is -2.30. The highest BCUT2D eigenvalue weighted by atomic mass is 16.4. The summed E-state index contributed by atoms with van der Waals surface area (Å²) in [6.07, 6.45) is 6.63. The molecular formula is C21H28N2O3. The molecule has 1 aromatic heterocycles. The highest BCUT2D eigenvalue weighted by Crippen LogP contribution is 2.30. The minimum Gasteiger partial charge on any atom is -0.421 e. The Kier molecular flexibility index (Phi) is 5.96. The Balaban J connectivity index is 1.91. The van der Waals surface area contributed by atoms with Crippen LogP contribution >= 0.6 is 0 Å². The number of anilines is 2. The highest BCUT2D eigenvalue weighted by molar-refractivity contribution is 6.02. The average Bonchev–Trinajstić information content (AvgIpc) is 2.61. The van der Waals surface area contributed by atoms with E-state index in [1.54, 1.807) is 6.07 Å². The number of hydrogen-bond acceptors (Lipinski definition) is 4. The molecule has 26 heavy (non-hydrogen) atoms. The molecule has 0 aliphatic heterocycles. The largest absolute Gasteiger partial charge is 0.421 e. The molecule has 140 valence electrons. The smallest absolute Gasteiger partial charge is 0.362 e. The van der Waals surface area contributed by atoms with Crippen LogP contribution in [0.4, 0.5) is 11.4 Å². The molecule has 1 amide bonds. The number of rotatable bonds is 6. The fourth-order valence-electron chi connectivity index (χ4n) is 3.65. The van der Waals surface area contributed by atoms with Gasteiger partial charge in [0.15, 0.2) is 5.69 Å². The third-order valence-corrected chi connectivity index (χ3v) is 4.96. The van der Waals surface area contributed by atoms with Crippen LogP contribution in [0.5, 0.6) is 0 Å². The molecule has 2 N–H and O–H groups in total. The van der Waals surface area contributed by atoms with Gasteiger partial charge in [-0.3, -0.25) is 4.79 Å². The van der Waals surface area contributed by atoms with E-state index in [0.717, 1.165) is 11.9 Å². The van der Waals surface area contributed by atoms with E-state index in [1.807, 2.05) is 32.0 Å². The first-order chi connectivity index (χ1) is 12.5. The molecular weight excluding hydrogens is 328 g/mol. The van der Waals surface area contributed by atoms with Gasteiger partial charge in [0.05, 0.1) is 5.69 Å². The van der Waals surface area contributed by atoms with Crippen LogP contribution in [0, 0.1) is 11.8 Å². The Morgan fingerprint density at radius 1 is 1.15 bits per heavy atom. The van der Waals surface area contributed by atoms with Gasteiger partial charge in [-0.15, -0.1) is 0 Å². The predicted molar refractivity (Wildman–Crippen MR) is 106 cm³/mol. The third kappa shape index (κ3) is 4.45. The third-order valence-electron chi connectivity index (χ3n) is 4.96. The molecule has 5 heteroatoms. The van der Waals surface area contributed by atoms with E-state index in [-0.39, 0.29) is 17.5 Å². The fourth-order valence-corrected chi connectivity index (χ4v) is 3.65. The number of carbonyl (C=O) groups is 1. The second-order valence-corrected chi connectivity index (χ2v) is 7.67. The summed E-state index contributed by atoms with van der Waals surface area (Å²) >= 11 is 0. The molecule has 0 unspecified atom stereocenters. The van der Waals surface area contributed by atoms with Gasteiger partial charge in [-0.2, -0.15) is 0 Å². The van der Waals surface area contributed by atoms with Gasteiger partial charge in [-0.1, -0.05) is 45.2 Å².